The average molecular weight is 393 g/mol. The highest BCUT2D eigenvalue weighted by atomic mass is 14.9. The lowest BCUT2D eigenvalue weighted by atomic mass is 9.72. The topological polar surface area (TPSA) is 35.8 Å². The van der Waals surface area contributed by atoms with Crippen molar-refractivity contribution in [3.8, 4) is 6.07 Å². The second-order valence-electron chi connectivity index (χ2n) is 7.83. The summed E-state index contributed by atoms with van der Waals surface area (Å²) in [7, 11) is 0. The van der Waals surface area contributed by atoms with Crippen LogP contribution in [0.4, 0.5) is 11.4 Å². The van der Waals surface area contributed by atoms with Crippen molar-refractivity contribution in [2.45, 2.75) is 32.1 Å². The first kappa shape index (κ1) is 21.1. The minimum atomic E-state index is -0.178. The van der Waals surface area contributed by atoms with E-state index in [9.17, 15) is 5.26 Å². The molecule has 0 aliphatic rings. The highest BCUT2D eigenvalue weighted by Gasteiger charge is 2.30. The zero-order chi connectivity index (χ0) is 21.4. The molecule has 3 aromatic rings. The van der Waals surface area contributed by atoms with Crippen LogP contribution in [0, 0.1) is 11.3 Å². The van der Waals surface area contributed by atoms with Crippen LogP contribution in [-0.4, -0.2) is 0 Å². The number of allylic oxidation sites excluding steroid dienone is 3. The Kier molecular flexibility index (Phi) is 6.88. The van der Waals surface area contributed by atoms with Crippen molar-refractivity contribution in [3.05, 3.63) is 120 Å². The zero-order valence-electron chi connectivity index (χ0n) is 17.7. The predicted molar refractivity (Wildman–Crippen MR) is 127 cm³/mol. The van der Waals surface area contributed by atoms with Gasteiger partial charge in [0.15, 0.2) is 0 Å². The van der Waals surface area contributed by atoms with Crippen LogP contribution in [0.3, 0.4) is 0 Å². The van der Waals surface area contributed by atoms with Gasteiger partial charge in [0.1, 0.15) is 0 Å². The van der Waals surface area contributed by atoms with Gasteiger partial charge in [-0.25, -0.2) is 0 Å². The lowest BCUT2D eigenvalue weighted by Crippen LogP contribution is -2.27. The van der Waals surface area contributed by atoms with Gasteiger partial charge >= 0.3 is 0 Å². The number of nitriles is 1. The van der Waals surface area contributed by atoms with Crippen LogP contribution in [-0.2, 0) is 11.8 Å². The molecule has 0 radical (unpaired) electrons. The van der Waals surface area contributed by atoms with Crippen molar-refractivity contribution in [2.75, 3.05) is 5.32 Å². The molecule has 150 valence electrons. The average Bonchev–Trinajstić information content (AvgIpc) is 2.78. The summed E-state index contributed by atoms with van der Waals surface area (Å²) in [5.41, 5.74) is 6.30. The summed E-state index contributed by atoms with van der Waals surface area (Å²) in [6, 6.07) is 28.9. The molecule has 3 aromatic carbocycles. The smallest absolute Gasteiger partial charge is 0.0991 e. The minimum Gasteiger partial charge on any atom is -0.355 e. The van der Waals surface area contributed by atoms with Crippen LogP contribution in [0.5, 0.6) is 0 Å². The molecule has 1 atom stereocenters. The maximum atomic E-state index is 9.32. The number of para-hydroxylation sites is 2. The predicted octanol–water partition coefficient (Wildman–Crippen LogP) is 7.32. The molecule has 0 amide bonds. The summed E-state index contributed by atoms with van der Waals surface area (Å²) in [6.45, 7) is 8.36. The maximum Gasteiger partial charge on any atom is 0.0991 e. The van der Waals surface area contributed by atoms with Crippen molar-refractivity contribution in [1.82, 2.24) is 0 Å². The van der Waals surface area contributed by atoms with Crippen molar-refractivity contribution >= 4 is 11.4 Å². The summed E-state index contributed by atoms with van der Waals surface area (Å²) in [4.78, 5) is 0. The van der Waals surface area contributed by atoms with Gasteiger partial charge in [-0.05, 0) is 61.2 Å². The maximum absolute atomic E-state index is 9.32. The monoisotopic (exact) mass is 392 g/mol. The molecular weight excluding hydrogens is 364 g/mol. The summed E-state index contributed by atoms with van der Waals surface area (Å²) >= 11 is 0. The Labute approximate surface area is 180 Å². The van der Waals surface area contributed by atoms with Gasteiger partial charge in [0, 0.05) is 16.8 Å². The number of nitrogens with zero attached hydrogens (tertiary/aromatic N) is 1. The Balaban J connectivity index is 2.06. The molecule has 0 bridgehead atoms. The molecule has 0 fully saturated rings. The lowest BCUT2D eigenvalue weighted by Gasteiger charge is -2.33. The minimum absolute atomic E-state index is 0.178. The Morgan fingerprint density at radius 2 is 1.77 bits per heavy atom. The van der Waals surface area contributed by atoms with Crippen LogP contribution in [0.2, 0.25) is 0 Å². The SMILES string of the molecule is C=C/C(=C\C)CC(C)(Cc1cccc(C#N)c1)c1ccccc1Nc1ccccc1. The van der Waals surface area contributed by atoms with E-state index in [-0.39, 0.29) is 5.41 Å². The van der Waals surface area contributed by atoms with E-state index in [1.165, 1.54) is 11.1 Å². The number of hydrogen-bond donors (Lipinski definition) is 1. The molecule has 0 aliphatic carbocycles. The molecule has 3 rings (SSSR count). The van der Waals surface area contributed by atoms with Gasteiger partial charge in [-0.3, -0.25) is 0 Å². The van der Waals surface area contributed by atoms with Crippen molar-refractivity contribution < 1.29 is 0 Å². The van der Waals surface area contributed by atoms with E-state index in [0.29, 0.717) is 5.56 Å². The Morgan fingerprint density at radius 3 is 2.47 bits per heavy atom. The molecule has 30 heavy (non-hydrogen) atoms. The van der Waals surface area contributed by atoms with Crippen LogP contribution in [0.1, 0.15) is 37.0 Å². The molecule has 0 heterocycles. The molecule has 2 heteroatoms. The van der Waals surface area contributed by atoms with Gasteiger partial charge in [0.25, 0.3) is 0 Å². The molecular formula is C28H28N2. The first-order chi connectivity index (χ1) is 14.6. The van der Waals surface area contributed by atoms with E-state index in [1.54, 1.807) is 0 Å². The van der Waals surface area contributed by atoms with Crippen LogP contribution < -0.4 is 5.32 Å². The fraction of sp³-hybridized carbons (Fsp3) is 0.179. The fourth-order valence-corrected chi connectivity index (χ4v) is 3.99. The first-order valence-electron chi connectivity index (χ1n) is 10.3. The van der Waals surface area contributed by atoms with E-state index in [4.69, 9.17) is 0 Å². The summed E-state index contributed by atoms with van der Waals surface area (Å²) < 4.78 is 0. The molecule has 0 spiro atoms. The molecule has 0 saturated heterocycles. The van der Waals surface area contributed by atoms with Crippen molar-refractivity contribution in [1.29, 1.82) is 5.26 Å². The summed E-state index contributed by atoms with van der Waals surface area (Å²) in [5, 5.41) is 12.9. The normalized spacial score (nSPS) is 13.2. The van der Waals surface area contributed by atoms with E-state index in [0.717, 1.165) is 29.8 Å². The molecule has 1 N–H and O–H groups in total. The third kappa shape index (κ3) is 5.07. The second-order valence-corrected chi connectivity index (χ2v) is 7.83. The van der Waals surface area contributed by atoms with Crippen LogP contribution in [0.25, 0.3) is 0 Å². The molecule has 0 aliphatic heterocycles. The third-order valence-electron chi connectivity index (χ3n) is 5.51. The van der Waals surface area contributed by atoms with Crippen molar-refractivity contribution in [2.24, 2.45) is 0 Å². The largest absolute Gasteiger partial charge is 0.355 e. The fourth-order valence-electron chi connectivity index (χ4n) is 3.99. The number of anilines is 2. The first-order valence-corrected chi connectivity index (χ1v) is 10.3. The molecule has 2 nitrogen and oxygen atoms in total. The third-order valence-corrected chi connectivity index (χ3v) is 5.51. The van der Waals surface area contributed by atoms with Crippen molar-refractivity contribution in [3.63, 3.8) is 0 Å². The van der Waals surface area contributed by atoms with Crippen LogP contribution >= 0.6 is 0 Å². The summed E-state index contributed by atoms with van der Waals surface area (Å²) in [5.74, 6) is 0. The van der Waals surface area contributed by atoms with Gasteiger partial charge in [0.05, 0.1) is 11.6 Å². The molecule has 0 saturated carbocycles. The molecule has 1 unspecified atom stereocenters. The number of benzene rings is 3. The van der Waals surface area contributed by atoms with E-state index < -0.39 is 0 Å². The quantitative estimate of drug-likeness (QED) is 0.407. The lowest BCUT2D eigenvalue weighted by molar-refractivity contribution is 0.468. The van der Waals surface area contributed by atoms with E-state index in [1.807, 2.05) is 42.5 Å². The Morgan fingerprint density at radius 1 is 1.03 bits per heavy atom. The van der Waals surface area contributed by atoms with Gasteiger partial charge in [-0.15, -0.1) is 0 Å². The highest BCUT2D eigenvalue weighted by molar-refractivity contribution is 5.65. The number of hydrogen-bond acceptors (Lipinski definition) is 2. The van der Waals surface area contributed by atoms with Gasteiger partial charge in [-0.2, -0.15) is 5.26 Å². The van der Waals surface area contributed by atoms with E-state index >= 15 is 0 Å². The standard InChI is InChI=1S/C28H28N2/c1-4-22(5-2)19-28(3,20-23-12-11-13-24(18-23)21-29)26-16-9-10-17-27(26)30-25-14-7-6-8-15-25/h4-18,30H,1,19-20H2,2-3H3/b22-5+. The summed E-state index contributed by atoms with van der Waals surface area (Å²) in [6.07, 6.45) is 5.75. The van der Waals surface area contributed by atoms with E-state index in [2.05, 4.69) is 80.4 Å². The zero-order valence-corrected chi connectivity index (χ0v) is 17.7. The van der Waals surface area contributed by atoms with Gasteiger partial charge in [-0.1, -0.05) is 79.8 Å². The van der Waals surface area contributed by atoms with Gasteiger partial charge in [0.2, 0.25) is 0 Å². The number of nitrogens with one attached hydrogen (secondary N) is 1. The van der Waals surface area contributed by atoms with Crippen LogP contribution in [0.15, 0.2) is 103 Å². The highest BCUT2D eigenvalue weighted by Crippen LogP contribution is 2.39. The number of rotatable bonds is 8. The van der Waals surface area contributed by atoms with Gasteiger partial charge < -0.3 is 5.32 Å². The Bertz CT molecular complexity index is 1070. The second kappa shape index (κ2) is 9.76. The molecule has 0 aromatic heterocycles. The Hall–Kier alpha value is -3.57.